The second-order valence-corrected chi connectivity index (χ2v) is 4.60. The van der Waals surface area contributed by atoms with E-state index in [-0.39, 0.29) is 40.5 Å². The van der Waals surface area contributed by atoms with Gasteiger partial charge < -0.3 is 5.11 Å². The zero-order valence-corrected chi connectivity index (χ0v) is 9.05. The molecular weight excluding hydrogens is 271 g/mol. The van der Waals surface area contributed by atoms with Gasteiger partial charge in [0.05, 0.1) is 0 Å². The van der Waals surface area contributed by atoms with E-state index in [2.05, 4.69) is 10.2 Å². The van der Waals surface area contributed by atoms with Gasteiger partial charge in [-0.05, 0) is 23.4 Å². The number of benzene rings is 1. The van der Waals surface area contributed by atoms with Crippen LogP contribution in [0.1, 0.15) is 0 Å². The summed E-state index contributed by atoms with van der Waals surface area (Å²) >= 11 is 0. The summed E-state index contributed by atoms with van der Waals surface area (Å²) in [6, 6.07) is 3.58. The predicted octanol–water partition coefficient (Wildman–Crippen LogP) is 0.936. The van der Waals surface area contributed by atoms with Crippen LogP contribution in [0.4, 0.5) is 5.69 Å². The average Bonchev–Trinajstić information content (AvgIpc) is 2.28. The molecule has 0 spiro atoms. The molecule has 0 amide bonds. The fourth-order valence-corrected chi connectivity index (χ4v) is 2.17. The molecule has 0 aliphatic heterocycles. The SMILES string of the molecule is O=Nc1cc(S(=O)(=O)O)c2cccnc2c1O.[NaH]. The Morgan fingerprint density at radius 3 is 2.56 bits per heavy atom. The van der Waals surface area contributed by atoms with Crippen molar-refractivity contribution in [1.82, 2.24) is 4.98 Å². The molecule has 90 valence electrons. The summed E-state index contributed by atoms with van der Waals surface area (Å²) in [7, 11) is -4.53. The molecule has 18 heavy (non-hydrogen) atoms. The minimum absolute atomic E-state index is 0. The standard InChI is InChI=1S/C9H6N2O5S.Na.H/c12-9-6(11-13)4-7(17(14,15)16)5-2-1-3-10-8(5)9;;/h1-4,12H,(H,14,15,16);;. The number of hydrogen-bond donors (Lipinski definition) is 2. The Labute approximate surface area is 124 Å². The molecule has 0 bridgehead atoms. The molecule has 0 aliphatic carbocycles. The number of aromatic nitrogens is 1. The third-order valence-corrected chi connectivity index (χ3v) is 3.08. The van der Waals surface area contributed by atoms with Crippen LogP contribution in [-0.4, -0.2) is 52.6 Å². The van der Waals surface area contributed by atoms with E-state index in [1.807, 2.05) is 0 Å². The molecule has 9 heteroatoms. The van der Waals surface area contributed by atoms with Crippen molar-refractivity contribution in [2.24, 2.45) is 5.18 Å². The molecule has 1 aromatic heterocycles. The van der Waals surface area contributed by atoms with Crippen LogP contribution < -0.4 is 0 Å². The van der Waals surface area contributed by atoms with E-state index in [9.17, 15) is 18.4 Å². The van der Waals surface area contributed by atoms with Crippen molar-refractivity contribution in [3.63, 3.8) is 0 Å². The van der Waals surface area contributed by atoms with Crippen LogP contribution in [0.5, 0.6) is 5.75 Å². The maximum absolute atomic E-state index is 11.1. The van der Waals surface area contributed by atoms with Gasteiger partial charge >= 0.3 is 29.6 Å². The van der Waals surface area contributed by atoms with Crippen molar-refractivity contribution >= 4 is 56.3 Å². The van der Waals surface area contributed by atoms with Gasteiger partial charge in [-0.15, -0.1) is 4.91 Å². The van der Waals surface area contributed by atoms with Gasteiger partial charge in [0.15, 0.2) is 11.4 Å². The average molecular weight is 278 g/mol. The number of pyridine rings is 1. The number of phenolic OH excluding ortho intramolecular Hbond substituents is 1. The summed E-state index contributed by atoms with van der Waals surface area (Å²) in [5, 5.41) is 12.1. The van der Waals surface area contributed by atoms with Gasteiger partial charge in [-0.3, -0.25) is 9.54 Å². The Kier molecular flexibility index (Phi) is 4.41. The normalized spacial score (nSPS) is 10.9. The molecule has 0 aliphatic rings. The second kappa shape index (κ2) is 5.29. The minimum atomic E-state index is -4.53. The van der Waals surface area contributed by atoms with Crippen molar-refractivity contribution < 1.29 is 18.1 Å². The van der Waals surface area contributed by atoms with E-state index >= 15 is 0 Å². The number of hydrogen-bond acceptors (Lipinski definition) is 6. The van der Waals surface area contributed by atoms with Crippen LogP contribution in [0.15, 0.2) is 34.5 Å². The third-order valence-electron chi connectivity index (χ3n) is 2.18. The first-order valence-corrected chi connectivity index (χ1v) is 5.80. The first kappa shape index (κ1) is 15.0. The molecule has 1 aromatic carbocycles. The quantitative estimate of drug-likeness (QED) is 0.479. The molecule has 2 aromatic rings. The predicted molar refractivity (Wildman–Crippen MR) is 65.8 cm³/mol. The Balaban J connectivity index is 0.00000162. The molecular formula is C9H7N2NaO5S. The van der Waals surface area contributed by atoms with Crippen molar-refractivity contribution in [2.75, 3.05) is 0 Å². The van der Waals surface area contributed by atoms with Crippen LogP contribution in [0, 0.1) is 4.91 Å². The molecule has 2 rings (SSSR count). The van der Waals surface area contributed by atoms with Gasteiger partial charge in [0.2, 0.25) is 0 Å². The Morgan fingerprint density at radius 1 is 1.33 bits per heavy atom. The maximum atomic E-state index is 11.1. The molecule has 0 atom stereocenters. The van der Waals surface area contributed by atoms with Crippen molar-refractivity contribution in [1.29, 1.82) is 0 Å². The molecule has 0 radical (unpaired) electrons. The molecule has 2 N–H and O–H groups in total. The number of phenols is 1. The van der Waals surface area contributed by atoms with Crippen molar-refractivity contribution in [3.8, 4) is 5.75 Å². The van der Waals surface area contributed by atoms with Gasteiger partial charge in [0, 0.05) is 11.6 Å². The van der Waals surface area contributed by atoms with Gasteiger partial charge in [0.25, 0.3) is 10.1 Å². The number of nitrogens with zero attached hydrogens (tertiary/aromatic N) is 2. The molecule has 0 fully saturated rings. The summed E-state index contributed by atoms with van der Waals surface area (Å²) < 4.78 is 31.3. The topological polar surface area (TPSA) is 117 Å². The van der Waals surface area contributed by atoms with E-state index in [1.165, 1.54) is 18.3 Å². The summed E-state index contributed by atoms with van der Waals surface area (Å²) in [6.45, 7) is 0. The van der Waals surface area contributed by atoms with Crippen molar-refractivity contribution in [3.05, 3.63) is 29.3 Å². The summed E-state index contributed by atoms with van der Waals surface area (Å²) in [5.74, 6) is -0.525. The second-order valence-electron chi connectivity index (χ2n) is 3.21. The van der Waals surface area contributed by atoms with Crippen molar-refractivity contribution in [2.45, 2.75) is 4.90 Å². The fraction of sp³-hybridized carbons (Fsp3) is 0. The van der Waals surface area contributed by atoms with E-state index in [0.717, 1.165) is 6.07 Å². The van der Waals surface area contributed by atoms with Gasteiger partial charge in [0.1, 0.15) is 10.4 Å². The van der Waals surface area contributed by atoms with E-state index in [1.54, 1.807) is 0 Å². The number of rotatable bonds is 2. The number of aromatic hydroxyl groups is 1. The summed E-state index contributed by atoms with van der Waals surface area (Å²) in [5.41, 5.74) is -0.610. The van der Waals surface area contributed by atoms with E-state index in [4.69, 9.17) is 4.55 Å². The van der Waals surface area contributed by atoms with E-state index < -0.39 is 26.5 Å². The van der Waals surface area contributed by atoms with Crippen LogP contribution >= 0.6 is 0 Å². The summed E-state index contributed by atoms with van der Waals surface area (Å²) in [6.07, 6.45) is 1.31. The summed E-state index contributed by atoms with van der Waals surface area (Å²) in [4.78, 5) is 13.7. The Morgan fingerprint density at radius 2 is 2.00 bits per heavy atom. The fourth-order valence-electron chi connectivity index (χ4n) is 1.47. The van der Waals surface area contributed by atoms with Gasteiger partial charge in [-0.25, -0.2) is 0 Å². The molecule has 7 nitrogen and oxygen atoms in total. The molecule has 1 heterocycles. The molecule has 0 saturated heterocycles. The van der Waals surface area contributed by atoms with Gasteiger partial charge in [-0.1, -0.05) is 0 Å². The number of fused-ring (bicyclic) bond motifs is 1. The monoisotopic (exact) mass is 278 g/mol. The zero-order chi connectivity index (χ0) is 12.6. The number of nitroso groups, excluding NO2 is 1. The van der Waals surface area contributed by atoms with Crippen LogP contribution in [-0.2, 0) is 10.1 Å². The van der Waals surface area contributed by atoms with Gasteiger partial charge in [-0.2, -0.15) is 8.42 Å². The third kappa shape index (κ3) is 2.52. The molecule has 0 unspecified atom stereocenters. The first-order chi connectivity index (χ1) is 7.95. The zero-order valence-electron chi connectivity index (χ0n) is 8.23. The van der Waals surface area contributed by atoms with Crippen LogP contribution in [0.25, 0.3) is 10.9 Å². The Hall–Kier alpha value is -1.06. The molecule has 0 saturated carbocycles. The van der Waals surface area contributed by atoms with E-state index in [0.29, 0.717) is 0 Å². The van der Waals surface area contributed by atoms with Crippen LogP contribution in [0.2, 0.25) is 0 Å². The van der Waals surface area contributed by atoms with Crippen LogP contribution in [0.3, 0.4) is 0 Å². The first-order valence-electron chi connectivity index (χ1n) is 4.36. The Bertz CT molecular complexity index is 716.